The molecule has 5 heteroatoms. The molecule has 0 saturated heterocycles. The molecule has 1 aromatic carbocycles. The zero-order valence-corrected chi connectivity index (χ0v) is 12.7. The SMILES string of the molecule is Cc1cc(Br)ccc1CC(=O)NC(CO)c1ccco1. The number of amides is 1. The molecule has 1 aromatic heterocycles. The summed E-state index contributed by atoms with van der Waals surface area (Å²) in [4.78, 5) is 12.0. The second-order valence-corrected chi connectivity index (χ2v) is 5.48. The van der Waals surface area contributed by atoms with Crippen molar-refractivity contribution in [1.82, 2.24) is 5.32 Å². The van der Waals surface area contributed by atoms with Gasteiger partial charge in [0.25, 0.3) is 0 Å². The van der Waals surface area contributed by atoms with Crippen LogP contribution in [0.1, 0.15) is 22.9 Å². The smallest absolute Gasteiger partial charge is 0.225 e. The van der Waals surface area contributed by atoms with Gasteiger partial charge >= 0.3 is 0 Å². The Labute approximate surface area is 125 Å². The molecule has 0 spiro atoms. The molecule has 0 aliphatic rings. The fourth-order valence-corrected chi connectivity index (χ4v) is 2.45. The number of nitrogens with one attached hydrogen (secondary N) is 1. The van der Waals surface area contributed by atoms with E-state index in [1.807, 2.05) is 25.1 Å². The van der Waals surface area contributed by atoms with Crippen LogP contribution in [0.5, 0.6) is 0 Å². The van der Waals surface area contributed by atoms with E-state index in [0.29, 0.717) is 5.76 Å². The van der Waals surface area contributed by atoms with Gasteiger partial charge in [0.05, 0.1) is 19.3 Å². The Hall–Kier alpha value is -1.59. The lowest BCUT2D eigenvalue weighted by Crippen LogP contribution is -2.31. The third-order valence-corrected chi connectivity index (χ3v) is 3.55. The topological polar surface area (TPSA) is 62.5 Å². The van der Waals surface area contributed by atoms with E-state index in [1.54, 1.807) is 12.1 Å². The van der Waals surface area contributed by atoms with Crippen molar-refractivity contribution >= 4 is 21.8 Å². The van der Waals surface area contributed by atoms with Gasteiger partial charge in [-0.3, -0.25) is 4.79 Å². The van der Waals surface area contributed by atoms with E-state index in [4.69, 9.17) is 4.42 Å². The number of furan rings is 1. The maximum atomic E-state index is 12.0. The van der Waals surface area contributed by atoms with Crippen LogP contribution in [0.4, 0.5) is 0 Å². The maximum absolute atomic E-state index is 12.0. The van der Waals surface area contributed by atoms with Gasteiger partial charge in [-0.2, -0.15) is 0 Å². The molecule has 0 aliphatic heterocycles. The molecule has 1 atom stereocenters. The number of halogens is 1. The number of aliphatic hydroxyl groups excluding tert-OH is 1. The van der Waals surface area contributed by atoms with E-state index >= 15 is 0 Å². The Balaban J connectivity index is 2.01. The average Bonchev–Trinajstić information content (AvgIpc) is 2.93. The summed E-state index contributed by atoms with van der Waals surface area (Å²) in [7, 11) is 0. The fourth-order valence-electron chi connectivity index (χ4n) is 1.97. The van der Waals surface area contributed by atoms with Gasteiger partial charge in [0.2, 0.25) is 5.91 Å². The van der Waals surface area contributed by atoms with Crippen LogP contribution in [0, 0.1) is 6.92 Å². The minimum absolute atomic E-state index is 0.147. The van der Waals surface area contributed by atoms with E-state index in [1.165, 1.54) is 6.26 Å². The highest BCUT2D eigenvalue weighted by Gasteiger charge is 2.16. The molecule has 1 unspecified atom stereocenters. The van der Waals surface area contributed by atoms with E-state index in [-0.39, 0.29) is 18.9 Å². The van der Waals surface area contributed by atoms with Gasteiger partial charge in [-0.1, -0.05) is 22.0 Å². The molecule has 2 N–H and O–H groups in total. The maximum Gasteiger partial charge on any atom is 0.225 e. The van der Waals surface area contributed by atoms with Crippen LogP contribution in [0.25, 0.3) is 0 Å². The summed E-state index contributed by atoms with van der Waals surface area (Å²) in [6.07, 6.45) is 1.79. The van der Waals surface area contributed by atoms with Gasteiger partial charge in [-0.25, -0.2) is 0 Å². The minimum atomic E-state index is -0.506. The Morgan fingerprint density at radius 1 is 1.45 bits per heavy atom. The van der Waals surface area contributed by atoms with E-state index in [9.17, 15) is 9.90 Å². The predicted molar refractivity (Wildman–Crippen MR) is 79.3 cm³/mol. The molecule has 0 saturated carbocycles. The number of benzene rings is 1. The van der Waals surface area contributed by atoms with Gasteiger partial charge in [0, 0.05) is 4.47 Å². The molecule has 0 aliphatic carbocycles. The first-order valence-electron chi connectivity index (χ1n) is 6.29. The van der Waals surface area contributed by atoms with Crippen molar-refractivity contribution in [2.75, 3.05) is 6.61 Å². The Kier molecular flexibility index (Phi) is 4.98. The first-order valence-corrected chi connectivity index (χ1v) is 7.08. The normalized spacial score (nSPS) is 12.2. The number of aliphatic hydroxyl groups is 1. The summed E-state index contributed by atoms with van der Waals surface area (Å²) in [5, 5.41) is 12.1. The molecule has 2 aromatic rings. The third-order valence-electron chi connectivity index (χ3n) is 3.06. The van der Waals surface area contributed by atoms with Gasteiger partial charge in [-0.15, -0.1) is 0 Å². The third kappa shape index (κ3) is 3.71. The highest BCUT2D eigenvalue weighted by atomic mass is 79.9. The van der Waals surface area contributed by atoms with Crippen LogP contribution in [0.15, 0.2) is 45.5 Å². The molecular weight excluding hydrogens is 322 g/mol. The van der Waals surface area contributed by atoms with E-state index < -0.39 is 6.04 Å². The first-order chi connectivity index (χ1) is 9.60. The zero-order chi connectivity index (χ0) is 14.5. The van der Waals surface area contributed by atoms with Crippen molar-refractivity contribution < 1.29 is 14.3 Å². The van der Waals surface area contributed by atoms with Crippen molar-refractivity contribution in [1.29, 1.82) is 0 Å². The predicted octanol–water partition coefficient (Wildman–Crippen LogP) is 2.74. The number of hydrogen-bond donors (Lipinski definition) is 2. The number of aryl methyl sites for hydroxylation is 1. The molecule has 4 nitrogen and oxygen atoms in total. The molecular formula is C15H16BrNO3. The van der Waals surface area contributed by atoms with Gasteiger partial charge in [-0.05, 0) is 42.3 Å². The van der Waals surface area contributed by atoms with Gasteiger partial charge < -0.3 is 14.8 Å². The van der Waals surface area contributed by atoms with Crippen molar-refractivity contribution in [3.8, 4) is 0 Å². The van der Waals surface area contributed by atoms with Crippen molar-refractivity contribution in [2.45, 2.75) is 19.4 Å². The van der Waals surface area contributed by atoms with E-state index in [0.717, 1.165) is 15.6 Å². The Morgan fingerprint density at radius 3 is 2.85 bits per heavy atom. The molecule has 1 heterocycles. The summed E-state index contributed by atoms with van der Waals surface area (Å²) in [6.45, 7) is 1.77. The summed E-state index contributed by atoms with van der Waals surface area (Å²) in [5.74, 6) is 0.402. The van der Waals surface area contributed by atoms with Gasteiger partial charge in [0.15, 0.2) is 0 Å². The van der Waals surface area contributed by atoms with Crippen LogP contribution < -0.4 is 5.32 Å². The summed E-state index contributed by atoms with van der Waals surface area (Å²) < 4.78 is 6.19. The standard InChI is InChI=1S/C15H16BrNO3/c1-10-7-12(16)5-4-11(10)8-15(19)17-13(9-18)14-3-2-6-20-14/h2-7,13,18H,8-9H2,1H3,(H,17,19). The van der Waals surface area contributed by atoms with Crippen LogP contribution in [-0.2, 0) is 11.2 Å². The number of rotatable bonds is 5. The second kappa shape index (κ2) is 6.72. The van der Waals surface area contributed by atoms with Crippen LogP contribution in [0.2, 0.25) is 0 Å². The Bertz CT molecular complexity index is 581. The molecule has 0 radical (unpaired) electrons. The molecule has 106 valence electrons. The lowest BCUT2D eigenvalue weighted by atomic mass is 10.1. The van der Waals surface area contributed by atoms with Crippen LogP contribution in [-0.4, -0.2) is 17.6 Å². The van der Waals surface area contributed by atoms with Crippen molar-refractivity contribution in [3.05, 3.63) is 58.0 Å². The lowest BCUT2D eigenvalue weighted by molar-refractivity contribution is -0.121. The quantitative estimate of drug-likeness (QED) is 0.881. The molecule has 0 bridgehead atoms. The van der Waals surface area contributed by atoms with Gasteiger partial charge in [0.1, 0.15) is 11.8 Å². The first kappa shape index (κ1) is 14.8. The molecule has 1 amide bonds. The van der Waals surface area contributed by atoms with Crippen molar-refractivity contribution in [2.24, 2.45) is 0 Å². The highest BCUT2D eigenvalue weighted by Crippen LogP contribution is 2.17. The number of carbonyl (C=O) groups is 1. The molecule has 0 fully saturated rings. The van der Waals surface area contributed by atoms with E-state index in [2.05, 4.69) is 21.2 Å². The number of hydrogen-bond acceptors (Lipinski definition) is 3. The summed E-state index contributed by atoms with van der Waals surface area (Å²) >= 11 is 3.39. The summed E-state index contributed by atoms with van der Waals surface area (Å²) in [6, 6.07) is 8.74. The van der Waals surface area contributed by atoms with Crippen molar-refractivity contribution in [3.63, 3.8) is 0 Å². The van der Waals surface area contributed by atoms with Crippen LogP contribution >= 0.6 is 15.9 Å². The lowest BCUT2D eigenvalue weighted by Gasteiger charge is -2.14. The monoisotopic (exact) mass is 337 g/mol. The highest BCUT2D eigenvalue weighted by molar-refractivity contribution is 9.10. The largest absolute Gasteiger partial charge is 0.467 e. The second-order valence-electron chi connectivity index (χ2n) is 4.57. The average molecular weight is 338 g/mol. The minimum Gasteiger partial charge on any atom is -0.467 e. The molecule has 20 heavy (non-hydrogen) atoms. The zero-order valence-electron chi connectivity index (χ0n) is 11.1. The number of carbonyl (C=O) groups excluding carboxylic acids is 1. The van der Waals surface area contributed by atoms with Crippen LogP contribution in [0.3, 0.4) is 0 Å². The Morgan fingerprint density at radius 2 is 2.25 bits per heavy atom. The summed E-state index contributed by atoms with van der Waals surface area (Å²) in [5.41, 5.74) is 2.01. The molecule has 2 rings (SSSR count). The fraction of sp³-hybridized carbons (Fsp3) is 0.267.